The van der Waals surface area contributed by atoms with Crippen LogP contribution in [0.15, 0.2) is 36.4 Å². The van der Waals surface area contributed by atoms with E-state index in [1.165, 1.54) is 37.1 Å². The number of hydrogen-bond acceptors (Lipinski definition) is 6. The third-order valence-corrected chi connectivity index (χ3v) is 12.4. The zero-order chi connectivity index (χ0) is 34.8. The van der Waals surface area contributed by atoms with Crippen LogP contribution in [-0.4, -0.2) is 71.3 Å². The molecule has 2 N–H and O–H groups in total. The minimum absolute atomic E-state index is 0.132. The van der Waals surface area contributed by atoms with Crippen LogP contribution in [0.2, 0.25) is 5.02 Å². The van der Waals surface area contributed by atoms with Crippen molar-refractivity contribution in [3.63, 3.8) is 0 Å². The molecule has 9 heteroatoms. The number of aliphatic hydroxyl groups excluding tert-OH is 1. The molecule has 48 heavy (non-hydrogen) atoms. The van der Waals surface area contributed by atoms with Crippen LogP contribution < -0.4 is 14.4 Å². The highest BCUT2D eigenvalue weighted by molar-refractivity contribution is 7.84. The van der Waals surface area contributed by atoms with Crippen molar-refractivity contribution in [3.05, 3.63) is 58.1 Å². The number of rotatable bonds is 7. The Balaban J connectivity index is 0.000000579. The molecule has 5 rings (SSSR count). The van der Waals surface area contributed by atoms with Crippen LogP contribution in [-0.2, 0) is 17.4 Å². The Labute approximate surface area is 297 Å². The van der Waals surface area contributed by atoms with E-state index in [0.29, 0.717) is 18.1 Å². The minimum Gasteiger partial charge on any atom is -0.491 e. The summed E-state index contributed by atoms with van der Waals surface area (Å²) in [6, 6.07) is 11.7. The van der Waals surface area contributed by atoms with Gasteiger partial charge in [-0.25, -0.2) is 4.21 Å². The van der Waals surface area contributed by atoms with Gasteiger partial charge in [0.25, 0.3) is 5.91 Å². The summed E-state index contributed by atoms with van der Waals surface area (Å²) >= 11 is 6.38. The van der Waals surface area contributed by atoms with Crippen molar-refractivity contribution in [1.82, 2.24) is 9.62 Å². The minimum atomic E-state index is -1.50. The van der Waals surface area contributed by atoms with Crippen LogP contribution in [0.5, 0.6) is 5.75 Å². The van der Waals surface area contributed by atoms with E-state index in [4.69, 9.17) is 16.3 Å². The van der Waals surface area contributed by atoms with E-state index in [1.54, 1.807) is 6.07 Å². The molecule has 7 unspecified atom stereocenters. The summed E-state index contributed by atoms with van der Waals surface area (Å²) in [4.78, 5) is 18.0. The van der Waals surface area contributed by atoms with Gasteiger partial charge in [0.2, 0.25) is 0 Å². The van der Waals surface area contributed by atoms with Crippen molar-refractivity contribution < 1.29 is 18.8 Å². The number of anilines is 1. The molecule has 1 aliphatic carbocycles. The lowest BCUT2D eigenvalue weighted by molar-refractivity contribution is 0.00888. The van der Waals surface area contributed by atoms with Crippen molar-refractivity contribution >= 4 is 34.2 Å². The summed E-state index contributed by atoms with van der Waals surface area (Å²) in [5, 5.41) is 11.7. The first-order valence-electron chi connectivity index (χ1n) is 18.4. The molecule has 2 aliphatic heterocycles. The van der Waals surface area contributed by atoms with Crippen LogP contribution in [0.4, 0.5) is 5.69 Å². The average Bonchev–Trinajstić information content (AvgIpc) is 3.22. The maximum Gasteiger partial charge on any atom is 0.263 e. The number of amides is 1. The van der Waals surface area contributed by atoms with Crippen LogP contribution in [0.25, 0.3) is 0 Å². The highest BCUT2D eigenvalue weighted by atomic mass is 35.5. The molecule has 2 heterocycles. The van der Waals surface area contributed by atoms with Crippen molar-refractivity contribution in [2.45, 2.75) is 110 Å². The second-order valence-corrected chi connectivity index (χ2v) is 16.4. The van der Waals surface area contributed by atoms with E-state index in [-0.39, 0.29) is 35.0 Å². The van der Waals surface area contributed by atoms with Crippen molar-refractivity contribution in [2.75, 3.05) is 44.7 Å². The van der Waals surface area contributed by atoms with E-state index in [0.717, 1.165) is 74.5 Å². The predicted molar refractivity (Wildman–Crippen MR) is 201 cm³/mol. The van der Waals surface area contributed by atoms with E-state index in [1.807, 2.05) is 25.1 Å². The molecule has 268 valence electrons. The maximum atomic E-state index is 13.2. The van der Waals surface area contributed by atoms with Crippen LogP contribution in [0, 0.1) is 17.8 Å². The second kappa shape index (κ2) is 18.7. The van der Waals surface area contributed by atoms with Crippen molar-refractivity contribution in [2.24, 2.45) is 17.8 Å². The zero-order valence-electron chi connectivity index (χ0n) is 30.2. The smallest absolute Gasteiger partial charge is 0.263 e. The van der Waals surface area contributed by atoms with Gasteiger partial charge < -0.3 is 19.6 Å². The van der Waals surface area contributed by atoms with Gasteiger partial charge in [-0.3, -0.25) is 9.52 Å². The van der Waals surface area contributed by atoms with E-state index >= 15 is 0 Å². The molecule has 0 saturated heterocycles. The Morgan fingerprint density at radius 1 is 1.00 bits per heavy atom. The van der Waals surface area contributed by atoms with Crippen molar-refractivity contribution in [3.8, 4) is 5.75 Å². The summed E-state index contributed by atoms with van der Waals surface area (Å²) in [5.74, 6) is 1.40. The number of carbonyl (C=O) groups excluding carboxylic acids is 1. The van der Waals surface area contributed by atoms with Gasteiger partial charge in [0.15, 0.2) is 0 Å². The third-order valence-electron chi connectivity index (χ3n) is 10.6. The number of benzene rings is 2. The summed E-state index contributed by atoms with van der Waals surface area (Å²) in [5.41, 5.74) is 3.88. The lowest BCUT2D eigenvalue weighted by atomic mass is 9.69. The number of halogens is 1. The molecule has 0 spiro atoms. The number of hydrogen-bond donors (Lipinski definition) is 2. The van der Waals surface area contributed by atoms with E-state index in [2.05, 4.69) is 61.4 Å². The zero-order valence-corrected chi connectivity index (χ0v) is 31.8. The van der Waals surface area contributed by atoms with Crippen LogP contribution in [0.1, 0.15) is 113 Å². The van der Waals surface area contributed by atoms with Gasteiger partial charge >= 0.3 is 0 Å². The second-order valence-electron chi connectivity index (χ2n) is 14.4. The van der Waals surface area contributed by atoms with E-state index < -0.39 is 11.0 Å². The fourth-order valence-corrected chi connectivity index (χ4v) is 8.73. The highest BCUT2D eigenvalue weighted by Gasteiger charge is 2.39. The van der Waals surface area contributed by atoms with Gasteiger partial charge in [0, 0.05) is 29.6 Å². The SMILES string of the molecule is CCCN(C)CCC.CCCc1cc(Cl)ccc1C1COc2ccc3cc2N(C1)CC1CCC1C(O)CCCC(C)C(C)S(=O)NC3=O. The van der Waals surface area contributed by atoms with Crippen LogP contribution in [0.3, 0.4) is 0 Å². The number of aryl methyl sites for hydroxylation is 1. The first kappa shape index (κ1) is 38.7. The molecular formula is C39H60ClN3O4S. The van der Waals surface area contributed by atoms with Gasteiger partial charge in [0.05, 0.1) is 23.6 Å². The normalized spacial score (nSPS) is 27.8. The lowest BCUT2D eigenvalue weighted by Crippen LogP contribution is -2.44. The molecule has 0 radical (unpaired) electrons. The highest BCUT2D eigenvalue weighted by Crippen LogP contribution is 2.43. The molecular weight excluding hydrogens is 642 g/mol. The topological polar surface area (TPSA) is 82.1 Å². The summed E-state index contributed by atoms with van der Waals surface area (Å²) in [6.07, 6.45) is 8.87. The molecule has 7 atom stereocenters. The summed E-state index contributed by atoms with van der Waals surface area (Å²) in [6.45, 7) is 15.2. The quantitative estimate of drug-likeness (QED) is 0.305. The average molecular weight is 702 g/mol. The van der Waals surface area contributed by atoms with E-state index in [9.17, 15) is 14.1 Å². The van der Waals surface area contributed by atoms with Crippen molar-refractivity contribution in [1.29, 1.82) is 0 Å². The third kappa shape index (κ3) is 10.2. The largest absolute Gasteiger partial charge is 0.491 e. The fourth-order valence-electron chi connectivity index (χ4n) is 7.49. The number of nitrogens with one attached hydrogen (secondary N) is 1. The molecule has 2 aromatic rings. The fraction of sp³-hybridized carbons (Fsp3) is 0.667. The molecule has 1 saturated carbocycles. The molecule has 7 nitrogen and oxygen atoms in total. The van der Waals surface area contributed by atoms with Gasteiger partial charge in [-0.15, -0.1) is 0 Å². The Morgan fingerprint density at radius 3 is 2.42 bits per heavy atom. The molecule has 3 aliphatic rings. The Morgan fingerprint density at radius 2 is 1.75 bits per heavy atom. The standard InChI is InChI=1S/C32H43ClN2O4S.C7H17N/c1-4-6-22-15-26(33)11-13-27(22)25-18-35-17-24-9-12-28(24)30(36)8-5-7-20(2)21(3)40(38)34-32(37)23-10-14-31(39-19-25)29(35)16-23;1-4-6-8(3)7-5-2/h10-11,13-16,20-21,24-25,28,30,36H,4-9,12,17-19H2,1-3H3,(H,34,37);4-7H2,1-3H3. The number of nitrogens with zero attached hydrogens (tertiary/aromatic N) is 2. The molecule has 2 bridgehead atoms. The first-order valence-corrected chi connectivity index (χ1v) is 20.0. The first-order chi connectivity index (χ1) is 23.1. The number of ether oxygens (including phenoxy) is 1. The Bertz CT molecular complexity index is 1350. The maximum absolute atomic E-state index is 13.2. The monoisotopic (exact) mass is 701 g/mol. The van der Waals surface area contributed by atoms with Gasteiger partial charge in [0.1, 0.15) is 16.7 Å². The van der Waals surface area contributed by atoms with Crippen LogP contribution >= 0.6 is 11.6 Å². The van der Waals surface area contributed by atoms with Gasteiger partial charge in [-0.1, -0.05) is 58.2 Å². The summed E-state index contributed by atoms with van der Waals surface area (Å²) < 4.78 is 22.2. The van der Waals surface area contributed by atoms with Gasteiger partial charge in [-0.05, 0) is 131 Å². The Hall–Kier alpha value is -2.13. The van der Waals surface area contributed by atoms with Gasteiger partial charge in [-0.2, -0.15) is 0 Å². The lowest BCUT2D eigenvalue weighted by Gasteiger charge is -2.43. The number of aliphatic hydroxyl groups is 1. The summed E-state index contributed by atoms with van der Waals surface area (Å²) in [7, 11) is 0.676. The molecule has 1 fully saturated rings. The Kier molecular flexibility index (Phi) is 15.1. The number of carbonyl (C=O) groups is 1. The number of fused-ring (bicyclic) bond motifs is 2. The molecule has 2 aromatic carbocycles. The predicted octanol–water partition coefficient (Wildman–Crippen LogP) is 8.00. The molecule has 0 aromatic heterocycles. The molecule has 1 amide bonds.